The molecule has 1 N–H and O–H groups in total. The molecule has 2 aromatic carbocycles. The van der Waals surface area contributed by atoms with Crippen molar-refractivity contribution >= 4 is 27.3 Å². The molecule has 0 saturated carbocycles. The van der Waals surface area contributed by atoms with Gasteiger partial charge in [-0.2, -0.15) is 0 Å². The van der Waals surface area contributed by atoms with Crippen LogP contribution < -0.4 is 9.62 Å². The summed E-state index contributed by atoms with van der Waals surface area (Å²) in [7, 11) is -3.68. The molecule has 1 amide bonds. The highest BCUT2D eigenvalue weighted by Crippen LogP contribution is 2.29. The number of hydrogen-bond acceptors (Lipinski definition) is 3. The molecule has 5 nitrogen and oxygen atoms in total. The molecule has 1 aliphatic rings. The van der Waals surface area contributed by atoms with Crippen LogP contribution in [0.5, 0.6) is 0 Å². The Balaban J connectivity index is 1.86. The van der Waals surface area contributed by atoms with Crippen LogP contribution in [0, 0.1) is 6.92 Å². The third kappa shape index (κ3) is 3.75. The SMILES string of the molecule is Cc1ccc(NS(=O)(=O)c2ccc(C(C)C)cc2)cc1N1CCCC1=O. The number of anilines is 2. The number of rotatable bonds is 5. The molecule has 6 heteroatoms. The summed E-state index contributed by atoms with van der Waals surface area (Å²) in [4.78, 5) is 14.0. The predicted octanol–water partition coefficient (Wildman–Crippen LogP) is 4.05. The van der Waals surface area contributed by atoms with E-state index in [0.29, 0.717) is 24.6 Å². The maximum atomic E-state index is 12.7. The molecule has 0 atom stereocenters. The summed E-state index contributed by atoms with van der Waals surface area (Å²) in [6.07, 6.45) is 1.37. The standard InChI is InChI=1S/C20H24N2O3S/c1-14(2)16-7-10-18(11-8-16)26(24,25)21-17-9-6-15(3)19(13-17)22-12-4-5-20(22)23/h6-11,13-14,21H,4-5,12H2,1-3H3. The molecule has 138 valence electrons. The smallest absolute Gasteiger partial charge is 0.261 e. The zero-order chi connectivity index (χ0) is 18.9. The van der Waals surface area contributed by atoms with Gasteiger partial charge < -0.3 is 4.90 Å². The molecule has 0 unspecified atom stereocenters. The fourth-order valence-electron chi connectivity index (χ4n) is 3.11. The minimum atomic E-state index is -3.68. The van der Waals surface area contributed by atoms with Gasteiger partial charge in [-0.15, -0.1) is 0 Å². The lowest BCUT2D eigenvalue weighted by molar-refractivity contribution is -0.117. The zero-order valence-electron chi connectivity index (χ0n) is 15.3. The van der Waals surface area contributed by atoms with Gasteiger partial charge in [-0.1, -0.05) is 32.0 Å². The van der Waals surface area contributed by atoms with E-state index in [2.05, 4.69) is 18.6 Å². The van der Waals surface area contributed by atoms with E-state index >= 15 is 0 Å². The average Bonchev–Trinajstić information content (AvgIpc) is 3.02. The molecule has 0 aromatic heterocycles. The van der Waals surface area contributed by atoms with E-state index in [1.165, 1.54) is 0 Å². The molecule has 0 radical (unpaired) electrons. The Bertz CT molecular complexity index is 919. The number of amides is 1. The van der Waals surface area contributed by atoms with Crippen LogP contribution in [0.15, 0.2) is 47.4 Å². The minimum absolute atomic E-state index is 0.0809. The Morgan fingerprint density at radius 3 is 2.35 bits per heavy atom. The van der Waals surface area contributed by atoms with E-state index < -0.39 is 10.0 Å². The van der Waals surface area contributed by atoms with Gasteiger partial charge in [-0.25, -0.2) is 8.42 Å². The van der Waals surface area contributed by atoms with Crippen LogP contribution in [0.2, 0.25) is 0 Å². The quantitative estimate of drug-likeness (QED) is 0.861. The van der Waals surface area contributed by atoms with Crippen LogP contribution in [0.1, 0.15) is 43.7 Å². The summed E-state index contributed by atoms with van der Waals surface area (Å²) in [6.45, 7) is 6.72. The molecule has 1 heterocycles. The molecule has 1 saturated heterocycles. The van der Waals surface area contributed by atoms with Crippen molar-refractivity contribution in [3.8, 4) is 0 Å². The maximum Gasteiger partial charge on any atom is 0.261 e. The summed E-state index contributed by atoms with van der Waals surface area (Å²) in [5, 5.41) is 0. The van der Waals surface area contributed by atoms with Crippen LogP contribution >= 0.6 is 0 Å². The van der Waals surface area contributed by atoms with Crippen LogP contribution in [0.3, 0.4) is 0 Å². The first-order valence-corrected chi connectivity index (χ1v) is 10.3. The van der Waals surface area contributed by atoms with Gasteiger partial charge in [0.25, 0.3) is 10.0 Å². The lowest BCUT2D eigenvalue weighted by Crippen LogP contribution is -2.24. The number of carbonyl (C=O) groups is 1. The lowest BCUT2D eigenvalue weighted by Gasteiger charge is -2.20. The number of carbonyl (C=O) groups excluding carboxylic acids is 1. The molecular weight excluding hydrogens is 348 g/mol. The van der Waals surface area contributed by atoms with Gasteiger partial charge in [0.05, 0.1) is 10.6 Å². The summed E-state index contributed by atoms with van der Waals surface area (Å²) in [5.74, 6) is 0.426. The Kier molecular flexibility index (Phi) is 5.05. The van der Waals surface area contributed by atoms with Gasteiger partial charge in [0, 0.05) is 18.7 Å². The minimum Gasteiger partial charge on any atom is -0.312 e. The molecule has 1 fully saturated rings. The molecule has 1 aliphatic heterocycles. The van der Waals surface area contributed by atoms with Gasteiger partial charge >= 0.3 is 0 Å². The highest BCUT2D eigenvalue weighted by molar-refractivity contribution is 7.92. The van der Waals surface area contributed by atoms with Gasteiger partial charge in [0.15, 0.2) is 0 Å². The Labute approximate surface area is 155 Å². The van der Waals surface area contributed by atoms with Crippen LogP contribution in [-0.2, 0) is 14.8 Å². The Hall–Kier alpha value is -2.34. The normalized spacial score (nSPS) is 14.9. The number of benzene rings is 2. The number of nitrogens with zero attached hydrogens (tertiary/aromatic N) is 1. The van der Waals surface area contributed by atoms with Crippen LogP contribution in [-0.4, -0.2) is 20.9 Å². The summed E-state index contributed by atoms with van der Waals surface area (Å²) < 4.78 is 28.0. The van der Waals surface area contributed by atoms with Gasteiger partial charge in [-0.3, -0.25) is 9.52 Å². The second-order valence-corrected chi connectivity index (χ2v) is 8.66. The number of aryl methyl sites for hydroxylation is 1. The molecule has 0 spiro atoms. The van der Waals surface area contributed by atoms with Crippen molar-refractivity contribution in [2.24, 2.45) is 0 Å². The van der Waals surface area contributed by atoms with E-state index in [4.69, 9.17) is 0 Å². The lowest BCUT2D eigenvalue weighted by atomic mass is 10.0. The number of sulfonamides is 1. The third-order valence-electron chi connectivity index (χ3n) is 4.68. The maximum absolute atomic E-state index is 12.7. The van der Waals surface area contributed by atoms with Crippen LogP contribution in [0.4, 0.5) is 11.4 Å². The highest BCUT2D eigenvalue weighted by atomic mass is 32.2. The summed E-state index contributed by atoms with van der Waals surface area (Å²) >= 11 is 0. The number of nitrogens with one attached hydrogen (secondary N) is 1. The predicted molar refractivity (Wildman–Crippen MR) is 104 cm³/mol. The summed E-state index contributed by atoms with van der Waals surface area (Å²) in [5.41, 5.74) is 3.26. The Morgan fingerprint density at radius 2 is 1.77 bits per heavy atom. The monoisotopic (exact) mass is 372 g/mol. The molecule has 0 bridgehead atoms. The first-order valence-electron chi connectivity index (χ1n) is 8.82. The van der Waals surface area contributed by atoms with E-state index in [1.807, 2.05) is 25.1 Å². The van der Waals surface area contributed by atoms with Crippen molar-refractivity contribution in [3.05, 3.63) is 53.6 Å². The molecule has 26 heavy (non-hydrogen) atoms. The van der Waals surface area contributed by atoms with Crippen molar-refractivity contribution in [2.45, 2.75) is 44.4 Å². The Morgan fingerprint density at radius 1 is 1.08 bits per heavy atom. The molecular formula is C20H24N2O3S. The summed E-state index contributed by atoms with van der Waals surface area (Å²) in [6, 6.07) is 12.2. The fourth-order valence-corrected chi connectivity index (χ4v) is 4.16. The highest BCUT2D eigenvalue weighted by Gasteiger charge is 2.24. The fraction of sp³-hybridized carbons (Fsp3) is 0.350. The topological polar surface area (TPSA) is 66.5 Å². The van der Waals surface area contributed by atoms with Crippen molar-refractivity contribution in [2.75, 3.05) is 16.2 Å². The molecule has 2 aromatic rings. The van der Waals surface area contributed by atoms with Crippen molar-refractivity contribution < 1.29 is 13.2 Å². The van der Waals surface area contributed by atoms with Gasteiger partial charge in [-0.05, 0) is 54.7 Å². The second kappa shape index (κ2) is 7.11. The van der Waals surface area contributed by atoms with E-state index in [0.717, 1.165) is 23.2 Å². The van der Waals surface area contributed by atoms with Crippen molar-refractivity contribution in [1.29, 1.82) is 0 Å². The van der Waals surface area contributed by atoms with Crippen LogP contribution in [0.25, 0.3) is 0 Å². The van der Waals surface area contributed by atoms with E-state index in [-0.39, 0.29) is 10.8 Å². The van der Waals surface area contributed by atoms with E-state index in [1.54, 1.807) is 29.2 Å². The van der Waals surface area contributed by atoms with E-state index in [9.17, 15) is 13.2 Å². The first-order chi connectivity index (χ1) is 12.3. The van der Waals surface area contributed by atoms with Crippen molar-refractivity contribution in [3.63, 3.8) is 0 Å². The molecule has 3 rings (SSSR count). The van der Waals surface area contributed by atoms with Crippen molar-refractivity contribution in [1.82, 2.24) is 0 Å². The average molecular weight is 372 g/mol. The largest absolute Gasteiger partial charge is 0.312 e. The van der Waals surface area contributed by atoms with Gasteiger partial charge in [0.1, 0.15) is 0 Å². The third-order valence-corrected chi connectivity index (χ3v) is 6.08. The second-order valence-electron chi connectivity index (χ2n) is 6.98. The molecule has 0 aliphatic carbocycles. The number of hydrogen-bond donors (Lipinski definition) is 1. The first kappa shape index (κ1) is 18.5. The zero-order valence-corrected chi connectivity index (χ0v) is 16.1. The van der Waals surface area contributed by atoms with Gasteiger partial charge in [0.2, 0.25) is 5.91 Å².